The third-order valence-corrected chi connectivity index (χ3v) is 4.58. The average Bonchev–Trinajstić information content (AvgIpc) is 3.29. The average molecular weight is 489 g/mol. The van der Waals surface area contributed by atoms with Crippen molar-refractivity contribution in [2.24, 2.45) is 0 Å². The maximum atomic E-state index is 12.4. The minimum Gasteiger partial charge on any atom is -0.491 e. The minimum atomic E-state index is -4.56. The number of ether oxygens (including phenoxy) is 1. The number of aliphatic hydroxyl groups excluding tert-OH is 1. The van der Waals surface area contributed by atoms with Crippen LogP contribution in [0.15, 0.2) is 24.4 Å². The van der Waals surface area contributed by atoms with Crippen molar-refractivity contribution in [2.75, 3.05) is 26.4 Å². The Balaban J connectivity index is 2.22. The number of benzene rings is 1. The molecule has 0 saturated carbocycles. The Labute approximate surface area is 193 Å². The molecule has 1 aromatic carbocycles. The van der Waals surface area contributed by atoms with Crippen LogP contribution in [-0.4, -0.2) is 70.6 Å². The number of rotatable bonds is 13. The zero-order valence-corrected chi connectivity index (χ0v) is 18.6. The van der Waals surface area contributed by atoms with E-state index >= 15 is 0 Å². The van der Waals surface area contributed by atoms with Crippen LogP contribution in [0.3, 0.4) is 0 Å². The second-order valence-corrected chi connectivity index (χ2v) is 7.54. The molecule has 188 valence electrons. The van der Waals surface area contributed by atoms with Crippen LogP contribution < -0.4 is 15.4 Å². The van der Waals surface area contributed by atoms with E-state index in [0.29, 0.717) is 31.4 Å². The van der Waals surface area contributed by atoms with Gasteiger partial charge in [-0.2, -0.15) is 13.2 Å². The molecule has 9 nitrogen and oxygen atoms in total. The highest BCUT2D eigenvalue weighted by Crippen LogP contribution is 2.25. The van der Waals surface area contributed by atoms with Crippen LogP contribution in [0.1, 0.15) is 53.5 Å². The summed E-state index contributed by atoms with van der Waals surface area (Å²) in [6, 6.07) is 3.49. The molecule has 0 aliphatic carbocycles. The summed E-state index contributed by atoms with van der Waals surface area (Å²) < 4.78 is 56.5. The molecule has 1 aromatic heterocycles. The van der Waals surface area contributed by atoms with Gasteiger partial charge in [0.15, 0.2) is 5.69 Å². The second-order valence-electron chi connectivity index (χ2n) is 7.54. The fourth-order valence-electron chi connectivity index (χ4n) is 2.80. The molecule has 0 bridgehead atoms. The summed E-state index contributed by atoms with van der Waals surface area (Å²) in [6.45, 7) is -0.333. The highest BCUT2D eigenvalue weighted by molar-refractivity contribution is 5.95. The maximum Gasteiger partial charge on any atom is 0.405 e. The van der Waals surface area contributed by atoms with Crippen LogP contribution in [0, 0.1) is 0 Å². The Morgan fingerprint density at radius 3 is 2.59 bits per heavy atom. The molecular formula is C21H27F4N5O4. The summed E-state index contributed by atoms with van der Waals surface area (Å²) in [4.78, 5) is 24.4. The zero-order valence-electron chi connectivity index (χ0n) is 18.6. The topological polar surface area (TPSA) is 118 Å². The van der Waals surface area contributed by atoms with E-state index in [4.69, 9.17) is 9.84 Å². The lowest BCUT2D eigenvalue weighted by Crippen LogP contribution is -2.35. The van der Waals surface area contributed by atoms with E-state index in [1.54, 1.807) is 12.2 Å². The molecule has 0 aliphatic heterocycles. The van der Waals surface area contributed by atoms with Gasteiger partial charge in [0.1, 0.15) is 18.0 Å². The van der Waals surface area contributed by atoms with Crippen molar-refractivity contribution in [2.45, 2.75) is 44.8 Å². The van der Waals surface area contributed by atoms with E-state index in [-0.39, 0.29) is 30.2 Å². The fourth-order valence-corrected chi connectivity index (χ4v) is 2.80. The quantitative estimate of drug-likeness (QED) is 0.294. The Kier molecular flexibility index (Phi) is 10.2. The molecule has 1 heterocycles. The number of nitrogens with zero attached hydrogens (tertiary/aromatic N) is 3. The molecule has 1 atom stereocenters. The lowest BCUT2D eigenvalue weighted by atomic mass is 10.1. The fraction of sp³-hybridized carbons (Fsp3) is 0.524. The number of amides is 2. The smallest absolute Gasteiger partial charge is 0.405 e. The van der Waals surface area contributed by atoms with Crippen LogP contribution in [0.25, 0.3) is 5.69 Å². The molecule has 0 radical (unpaired) electrons. The third kappa shape index (κ3) is 8.61. The highest BCUT2D eigenvalue weighted by atomic mass is 19.4. The number of halogens is 4. The van der Waals surface area contributed by atoms with Gasteiger partial charge >= 0.3 is 6.18 Å². The first kappa shape index (κ1) is 27.0. The summed E-state index contributed by atoms with van der Waals surface area (Å²) in [7, 11) is 0. The predicted molar refractivity (Wildman–Crippen MR) is 114 cm³/mol. The van der Waals surface area contributed by atoms with Crippen LogP contribution >= 0.6 is 0 Å². The molecule has 0 fully saturated rings. The van der Waals surface area contributed by atoms with E-state index in [1.807, 2.05) is 0 Å². The molecule has 13 heteroatoms. The maximum absolute atomic E-state index is 12.4. The molecule has 2 rings (SSSR count). The first-order valence-electron chi connectivity index (χ1n) is 10.7. The molecular weight excluding hydrogens is 462 g/mol. The molecule has 0 aliphatic rings. The Bertz CT molecular complexity index is 951. The number of unbranched alkanes of at least 4 members (excludes halogenated alkanes) is 3. The van der Waals surface area contributed by atoms with Gasteiger partial charge < -0.3 is 20.5 Å². The van der Waals surface area contributed by atoms with Crippen molar-refractivity contribution in [3.8, 4) is 11.4 Å². The van der Waals surface area contributed by atoms with Crippen LogP contribution in [0.4, 0.5) is 17.6 Å². The van der Waals surface area contributed by atoms with Gasteiger partial charge in [0.2, 0.25) is 0 Å². The van der Waals surface area contributed by atoms with Gasteiger partial charge in [0.05, 0.1) is 26.1 Å². The van der Waals surface area contributed by atoms with Gasteiger partial charge in [-0.25, -0.2) is 4.68 Å². The van der Waals surface area contributed by atoms with Crippen molar-refractivity contribution >= 4 is 11.8 Å². The van der Waals surface area contributed by atoms with Crippen molar-refractivity contribution in [3.63, 3.8) is 0 Å². The third-order valence-electron chi connectivity index (χ3n) is 4.58. The summed E-state index contributed by atoms with van der Waals surface area (Å²) in [5.74, 6) is -1.36. The molecule has 3 N–H and O–H groups in total. The lowest BCUT2D eigenvalue weighted by molar-refractivity contribution is -0.123. The Morgan fingerprint density at radius 2 is 1.91 bits per heavy atom. The number of aliphatic hydroxyl groups is 1. The standard InChI is InChI=1S/C21H27F4N5O4/c1-14(12-31)27-20(33)16-11-30(29-28-16)17-7-6-15(19(32)26-13-21(23,24)25)10-18(17)34-9-5-3-2-4-8-22/h6-7,10-11,14,31H,2-5,8-9,12-13H2,1H3,(H,26,32)(H,27,33). The molecule has 34 heavy (non-hydrogen) atoms. The molecule has 0 spiro atoms. The Hall–Kier alpha value is -3.22. The SMILES string of the molecule is CC(CO)NC(=O)c1cn(-c2ccc(C(=O)NCC(F)(F)F)cc2OCCCCCCF)nn1. The van der Waals surface area contributed by atoms with E-state index < -0.39 is 37.3 Å². The van der Waals surface area contributed by atoms with E-state index in [0.717, 1.165) is 0 Å². The van der Waals surface area contributed by atoms with Gasteiger partial charge in [-0.1, -0.05) is 11.6 Å². The normalized spacial score (nSPS) is 12.3. The molecule has 0 saturated heterocycles. The number of alkyl halides is 4. The number of hydrogen-bond donors (Lipinski definition) is 3. The first-order valence-corrected chi connectivity index (χ1v) is 10.7. The van der Waals surface area contributed by atoms with Gasteiger partial charge in [-0.3, -0.25) is 14.0 Å². The van der Waals surface area contributed by atoms with Gasteiger partial charge in [0.25, 0.3) is 11.8 Å². The highest BCUT2D eigenvalue weighted by Gasteiger charge is 2.28. The van der Waals surface area contributed by atoms with Crippen molar-refractivity contribution in [1.29, 1.82) is 0 Å². The number of hydrogen-bond acceptors (Lipinski definition) is 6. The first-order chi connectivity index (χ1) is 16.1. The van der Waals surface area contributed by atoms with Crippen LogP contribution in [0.2, 0.25) is 0 Å². The summed E-state index contributed by atoms with van der Waals surface area (Å²) in [6.07, 6.45) is -0.818. The van der Waals surface area contributed by atoms with Crippen LogP contribution in [-0.2, 0) is 0 Å². The number of carbonyl (C=O) groups excluding carboxylic acids is 2. The molecule has 2 amide bonds. The van der Waals surface area contributed by atoms with Crippen molar-refractivity contribution in [3.05, 3.63) is 35.7 Å². The van der Waals surface area contributed by atoms with Crippen molar-refractivity contribution < 1.29 is 37.0 Å². The van der Waals surface area contributed by atoms with Gasteiger partial charge in [-0.15, -0.1) is 5.10 Å². The van der Waals surface area contributed by atoms with E-state index in [9.17, 15) is 27.2 Å². The largest absolute Gasteiger partial charge is 0.491 e. The Morgan fingerprint density at radius 1 is 1.18 bits per heavy atom. The van der Waals surface area contributed by atoms with E-state index in [1.165, 1.54) is 29.1 Å². The zero-order chi connectivity index (χ0) is 25.1. The van der Waals surface area contributed by atoms with Crippen molar-refractivity contribution in [1.82, 2.24) is 25.6 Å². The van der Waals surface area contributed by atoms with Gasteiger partial charge in [-0.05, 0) is 44.4 Å². The number of carbonyl (C=O) groups is 2. The molecule has 2 aromatic rings. The lowest BCUT2D eigenvalue weighted by Gasteiger charge is -2.14. The predicted octanol–water partition coefficient (Wildman–Crippen LogP) is 2.58. The monoisotopic (exact) mass is 489 g/mol. The number of aromatic nitrogens is 3. The summed E-state index contributed by atoms with van der Waals surface area (Å²) in [5.41, 5.74) is 0.206. The summed E-state index contributed by atoms with van der Waals surface area (Å²) in [5, 5.41) is 21.1. The second kappa shape index (κ2) is 12.9. The van der Waals surface area contributed by atoms with Gasteiger partial charge in [0, 0.05) is 11.6 Å². The molecule has 1 unspecified atom stereocenters. The van der Waals surface area contributed by atoms with Crippen LogP contribution in [0.5, 0.6) is 5.75 Å². The number of nitrogens with one attached hydrogen (secondary N) is 2. The van der Waals surface area contributed by atoms with E-state index in [2.05, 4.69) is 15.6 Å². The summed E-state index contributed by atoms with van der Waals surface area (Å²) >= 11 is 0. The minimum absolute atomic E-state index is 0.0375.